The Morgan fingerprint density at radius 1 is 1.31 bits per heavy atom. The van der Waals surface area contributed by atoms with Gasteiger partial charge in [-0.3, -0.25) is 4.68 Å². The third kappa shape index (κ3) is 4.17. The standard InChI is InChI=1S/C18H20Cl3N3O2/c1-6-15-16(21)17(22-24(15)3)12-8-11(13(19)7-10(12)2)9-14(20)18(25-4)23-26-5/h7-9H,6H2,1-5H3/b14-9+,23-18+. The second-order valence-corrected chi connectivity index (χ2v) is 6.74. The molecule has 0 N–H and O–H groups in total. The highest BCUT2D eigenvalue weighted by Gasteiger charge is 2.18. The maximum Gasteiger partial charge on any atom is 0.268 e. The molecular weight excluding hydrogens is 397 g/mol. The normalized spacial score (nSPS) is 12.5. The summed E-state index contributed by atoms with van der Waals surface area (Å²) in [4.78, 5) is 4.71. The number of oxime groups is 1. The molecule has 0 aliphatic carbocycles. The number of nitrogens with zero attached hydrogens (tertiary/aromatic N) is 3. The van der Waals surface area contributed by atoms with Gasteiger partial charge in [-0.25, -0.2) is 0 Å². The molecule has 0 radical (unpaired) electrons. The molecule has 0 spiro atoms. The molecule has 0 bridgehead atoms. The Bertz CT molecular complexity index is 873. The lowest BCUT2D eigenvalue weighted by atomic mass is 10.0. The minimum Gasteiger partial charge on any atom is -0.478 e. The monoisotopic (exact) mass is 415 g/mol. The van der Waals surface area contributed by atoms with E-state index in [1.54, 1.807) is 10.8 Å². The summed E-state index contributed by atoms with van der Waals surface area (Å²) < 4.78 is 6.89. The summed E-state index contributed by atoms with van der Waals surface area (Å²) in [5.41, 5.74) is 4.22. The van der Waals surface area contributed by atoms with Gasteiger partial charge in [-0.2, -0.15) is 5.10 Å². The first-order valence-corrected chi connectivity index (χ1v) is 9.01. The van der Waals surface area contributed by atoms with Gasteiger partial charge in [-0.15, -0.1) is 0 Å². The SMILES string of the molecule is CCc1c(Cl)c(-c2cc(/C=C(Cl)\C(=N/OC)OC)c(Cl)cc2C)nn1C. The molecule has 0 amide bonds. The lowest BCUT2D eigenvalue weighted by Crippen LogP contribution is -2.02. The van der Waals surface area contributed by atoms with Gasteiger partial charge in [0, 0.05) is 17.6 Å². The second kappa shape index (κ2) is 8.80. The van der Waals surface area contributed by atoms with E-state index in [4.69, 9.17) is 44.4 Å². The quantitative estimate of drug-likeness (QED) is 0.370. The van der Waals surface area contributed by atoms with Crippen LogP contribution in [0.2, 0.25) is 10.0 Å². The molecule has 1 heterocycles. The number of aryl methyl sites for hydroxylation is 2. The third-order valence-corrected chi connectivity index (χ3v) is 4.88. The van der Waals surface area contributed by atoms with E-state index in [1.165, 1.54) is 14.2 Å². The Hall–Kier alpha value is -1.69. The van der Waals surface area contributed by atoms with Crippen LogP contribution in [0.4, 0.5) is 0 Å². The number of ether oxygens (including phenoxy) is 1. The van der Waals surface area contributed by atoms with Gasteiger partial charge in [0.05, 0.1) is 17.8 Å². The molecule has 1 aromatic carbocycles. The van der Waals surface area contributed by atoms with E-state index in [9.17, 15) is 0 Å². The van der Waals surface area contributed by atoms with Crippen LogP contribution in [0, 0.1) is 6.92 Å². The van der Waals surface area contributed by atoms with E-state index in [1.807, 2.05) is 33.0 Å². The van der Waals surface area contributed by atoms with Gasteiger partial charge in [0.2, 0.25) is 0 Å². The number of aromatic nitrogens is 2. The fourth-order valence-corrected chi connectivity index (χ4v) is 3.50. The van der Waals surface area contributed by atoms with Crippen molar-refractivity contribution in [1.82, 2.24) is 9.78 Å². The Labute approximate surface area is 168 Å². The van der Waals surface area contributed by atoms with Gasteiger partial charge in [-0.1, -0.05) is 41.7 Å². The average molecular weight is 417 g/mol. The van der Waals surface area contributed by atoms with Crippen LogP contribution in [0.25, 0.3) is 17.3 Å². The lowest BCUT2D eigenvalue weighted by molar-refractivity contribution is 0.200. The molecule has 5 nitrogen and oxygen atoms in total. The van der Waals surface area contributed by atoms with Crippen molar-refractivity contribution < 1.29 is 9.57 Å². The molecule has 0 saturated carbocycles. The summed E-state index contributed by atoms with van der Waals surface area (Å²) >= 11 is 19.2. The van der Waals surface area contributed by atoms with Gasteiger partial charge in [0.15, 0.2) is 0 Å². The molecule has 0 unspecified atom stereocenters. The number of hydrogen-bond acceptors (Lipinski definition) is 4. The fourth-order valence-electron chi connectivity index (χ4n) is 2.60. The summed E-state index contributed by atoms with van der Waals surface area (Å²) in [6.45, 7) is 4.00. The maximum atomic E-state index is 6.53. The van der Waals surface area contributed by atoms with E-state index >= 15 is 0 Å². The van der Waals surface area contributed by atoms with Crippen LogP contribution < -0.4 is 0 Å². The highest BCUT2D eigenvalue weighted by atomic mass is 35.5. The van der Waals surface area contributed by atoms with Crippen LogP contribution in [0.3, 0.4) is 0 Å². The summed E-state index contributed by atoms with van der Waals surface area (Å²) in [5, 5.41) is 9.72. The molecule has 0 aliphatic rings. The third-order valence-electron chi connectivity index (χ3n) is 3.89. The Morgan fingerprint density at radius 3 is 2.54 bits per heavy atom. The smallest absolute Gasteiger partial charge is 0.268 e. The van der Waals surface area contributed by atoms with E-state index in [-0.39, 0.29) is 10.9 Å². The Kier molecular flexibility index (Phi) is 6.98. The van der Waals surface area contributed by atoms with Crippen molar-refractivity contribution in [2.75, 3.05) is 14.2 Å². The van der Waals surface area contributed by atoms with Gasteiger partial charge in [-0.05, 0) is 47.8 Å². The van der Waals surface area contributed by atoms with Gasteiger partial charge in [0.1, 0.15) is 17.8 Å². The van der Waals surface area contributed by atoms with E-state index in [0.717, 1.165) is 23.2 Å². The van der Waals surface area contributed by atoms with Crippen molar-refractivity contribution in [3.05, 3.63) is 44.0 Å². The predicted molar refractivity (Wildman–Crippen MR) is 108 cm³/mol. The molecule has 0 fully saturated rings. The Morgan fingerprint density at radius 2 is 2.00 bits per heavy atom. The highest BCUT2D eigenvalue weighted by molar-refractivity contribution is 6.44. The van der Waals surface area contributed by atoms with Crippen LogP contribution in [-0.2, 0) is 23.0 Å². The van der Waals surface area contributed by atoms with Crippen LogP contribution in [0.15, 0.2) is 22.3 Å². The number of rotatable bonds is 5. The van der Waals surface area contributed by atoms with Crippen LogP contribution in [0.5, 0.6) is 0 Å². The van der Waals surface area contributed by atoms with E-state index in [2.05, 4.69) is 10.3 Å². The summed E-state index contributed by atoms with van der Waals surface area (Å²) in [6.07, 6.45) is 2.45. The van der Waals surface area contributed by atoms with Crippen molar-refractivity contribution in [3.63, 3.8) is 0 Å². The summed E-state index contributed by atoms with van der Waals surface area (Å²) in [7, 11) is 4.74. The first-order valence-electron chi connectivity index (χ1n) is 7.88. The minimum atomic E-state index is 0.150. The van der Waals surface area contributed by atoms with E-state index in [0.29, 0.717) is 21.3 Å². The second-order valence-electron chi connectivity index (χ2n) is 5.55. The largest absolute Gasteiger partial charge is 0.478 e. The minimum absolute atomic E-state index is 0.150. The number of benzene rings is 1. The van der Waals surface area contributed by atoms with Gasteiger partial charge >= 0.3 is 0 Å². The Balaban J connectivity index is 2.59. The molecule has 8 heteroatoms. The zero-order chi connectivity index (χ0) is 19.4. The number of methoxy groups -OCH3 is 1. The maximum absolute atomic E-state index is 6.53. The topological polar surface area (TPSA) is 48.6 Å². The lowest BCUT2D eigenvalue weighted by Gasteiger charge is -2.09. The first kappa shape index (κ1) is 20.6. The highest BCUT2D eigenvalue weighted by Crippen LogP contribution is 2.35. The molecule has 140 valence electrons. The van der Waals surface area contributed by atoms with Gasteiger partial charge < -0.3 is 9.57 Å². The van der Waals surface area contributed by atoms with Crippen molar-refractivity contribution in [2.45, 2.75) is 20.3 Å². The average Bonchev–Trinajstić information content (AvgIpc) is 2.88. The van der Waals surface area contributed by atoms with Crippen molar-refractivity contribution >= 4 is 46.8 Å². The predicted octanol–water partition coefficient (Wildman–Crippen LogP) is 5.45. The first-order chi connectivity index (χ1) is 12.3. The summed E-state index contributed by atoms with van der Waals surface area (Å²) in [6, 6.07) is 3.75. The number of halogens is 3. The van der Waals surface area contributed by atoms with Gasteiger partial charge in [0.25, 0.3) is 5.90 Å². The molecule has 0 aliphatic heterocycles. The molecular formula is C18H20Cl3N3O2. The van der Waals surface area contributed by atoms with Crippen molar-refractivity contribution in [3.8, 4) is 11.3 Å². The van der Waals surface area contributed by atoms with Crippen molar-refractivity contribution in [1.29, 1.82) is 0 Å². The molecule has 2 aromatic rings. The molecule has 0 saturated heterocycles. The van der Waals surface area contributed by atoms with E-state index < -0.39 is 0 Å². The molecule has 2 rings (SSSR count). The molecule has 26 heavy (non-hydrogen) atoms. The fraction of sp³-hybridized carbons (Fsp3) is 0.333. The molecule has 0 atom stereocenters. The van der Waals surface area contributed by atoms with Crippen LogP contribution >= 0.6 is 34.8 Å². The zero-order valence-corrected chi connectivity index (χ0v) is 17.5. The summed E-state index contributed by atoms with van der Waals surface area (Å²) in [5.74, 6) is 0.150. The zero-order valence-electron chi connectivity index (χ0n) is 15.2. The number of hydrogen-bond donors (Lipinski definition) is 0. The molecule has 1 aromatic heterocycles. The van der Waals surface area contributed by atoms with Crippen LogP contribution in [-0.4, -0.2) is 29.9 Å². The van der Waals surface area contributed by atoms with Crippen molar-refractivity contribution in [2.24, 2.45) is 12.2 Å². The van der Waals surface area contributed by atoms with Crippen LogP contribution in [0.1, 0.15) is 23.7 Å².